The fraction of sp³-hybridized carbons (Fsp3) is 0.895. The predicted molar refractivity (Wildman–Crippen MR) is 93.8 cm³/mol. The predicted octanol–water partition coefficient (Wildman–Crippen LogP) is 4.19. The van der Waals surface area contributed by atoms with E-state index in [1.54, 1.807) is 0 Å². The van der Waals surface area contributed by atoms with Gasteiger partial charge in [-0.3, -0.25) is 9.59 Å². The van der Waals surface area contributed by atoms with Gasteiger partial charge < -0.3 is 9.47 Å². The average molecular weight is 359 g/mol. The van der Waals surface area contributed by atoms with Gasteiger partial charge >= 0.3 is 11.9 Å². The van der Waals surface area contributed by atoms with Crippen molar-refractivity contribution in [1.29, 1.82) is 0 Å². The van der Waals surface area contributed by atoms with Crippen molar-refractivity contribution < 1.29 is 19.1 Å². The molecule has 0 aliphatic heterocycles. The van der Waals surface area contributed by atoms with Crippen LogP contribution in [0.25, 0.3) is 0 Å². The zero-order valence-electron chi connectivity index (χ0n) is 15.4. The van der Waals surface area contributed by atoms with E-state index in [1.165, 1.54) is 14.2 Å². The van der Waals surface area contributed by atoms with Gasteiger partial charge in [-0.15, -0.1) is 11.6 Å². The lowest BCUT2D eigenvalue weighted by molar-refractivity contribution is -0.173. The molecule has 0 spiro atoms. The van der Waals surface area contributed by atoms with Gasteiger partial charge in [-0.05, 0) is 62.2 Å². The van der Waals surface area contributed by atoms with Gasteiger partial charge in [0.25, 0.3) is 0 Å². The van der Waals surface area contributed by atoms with E-state index in [4.69, 9.17) is 21.1 Å². The first-order chi connectivity index (χ1) is 11.3. The van der Waals surface area contributed by atoms with Crippen LogP contribution in [0.3, 0.4) is 0 Å². The second kappa shape index (κ2) is 7.63. The SMILES string of the molecule is COC(=O)CC[C@H]1[C@H](CCl)CC[C@@H]2[C@]1(C)CCC[C@@]2(C)C(=O)OC. The molecular formula is C19H31ClO4. The fourth-order valence-electron chi connectivity index (χ4n) is 5.73. The molecule has 5 atom stereocenters. The second-order valence-corrected chi connectivity index (χ2v) is 8.34. The molecule has 0 aromatic heterocycles. The number of methoxy groups -OCH3 is 2. The number of ether oxygens (including phenoxy) is 2. The van der Waals surface area contributed by atoms with Crippen LogP contribution in [0.4, 0.5) is 0 Å². The number of fused-ring (bicyclic) bond motifs is 1. The van der Waals surface area contributed by atoms with Crippen molar-refractivity contribution >= 4 is 23.5 Å². The minimum Gasteiger partial charge on any atom is -0.469 e. The van der Waals surface area contributed by atoms with E-state index < -0.39 is 5.41 Å². The Bertz CT molecular complexity index is 480. The van der Waals surface area contributed by atoms with Crippen molar-refractivity contribution in [2.75, 3.05) is 20.1 Å². The van der Waals surface area contributed by atoms with Crippen LogP contribution in [-0.4, -0.2) is 32.0 Å². The van der Waals surface area contributed by atoms with Gasteiger partial charge in [-0.1, -0.05) is 13.3 Å². The summed E-state index contributed by atoms with van der Waals surface area (Å²) in [7, 11) is 2.92. The summed E-state index contributed by atoms with van der Waals surface area (Å²) in [6, 6.07) is 0. The standard InChI is InChI=1S/C19H31ClO4/c1-18-10-5-11-19(2,17(22)24-4)15(18)8-6-13(12-20)14(18)7-9-16(21)23-3/h13-15H,5-12H2,1-4H3/t13-,14-,15+,18+,19+/m0/s1. The molecule has 5 heteroatoms. The first-order valence-corrected chi connectivity index (χ1v) is 9.58. The summed E-state index contributed by atoms with van der Waals surface area (Å²) in [6.45, 7) is 4.37. The molecule has 2 fully saturated rings. The Morgan fingerprint density at radius 1 is 1.12 bits per heavy atom. The molecule has 0 aromatic carbocycles. The number of esters is 2. The summed E-state index contributed by atoms with van der Waals surface area (Å²) in [5, 5.41) is 0. The van der Waals surface area contributed by atoms with Gasteiger partial charge in [0.05, 0.1) is 19.6 Å². The van der Waals surface area contributed by atoms with Crippen LogP contribution in [0.2, 0.25) is 0 Å². The summed E-state index contributed by atoms with van der Waals surface area (Å²) in [6.07, 6.45) is 6.22. The molecule has 2 rings (SSSR count). The third-order valence-electron chi connectivity index (χ3n) is 6.96. The number of halogens is 1. The van der Waals surface area contributed by atoms with Crippen molar-refractivity contribution in [2.24, 2.45) is 28.6 Å². The van der Waals surface area contributed by atoms with Crippen LogP contribution >= 0.6 is 11.6 Å². The van der Waals surface area contributed by atoms with E-state index in [0.717, 1.165) is 38.5 Å². The third-order valence-corrected chi connectivity index (χ3v) is 7.35. The quantitative estimate of drug-likeness (QED) is 0.546. The topological polar surface area (TPSA) is 52.6 Å². The van der Waals surface area contributed by atoms with Crippen molar-refractivity contribution in [3.05, 3.63) is 0 Å². The normalized spacial score (nSPS) is 39.0. The number of alkyl halides is 1. The number of hydrogen-bond donors (Lipinski definition) is 0. The van der Waals surface area contributed by atoms with Gasteiger partial charge in [0.1, 0.15) is 0 Å². The maximum absolute atomic E-state index is 12.5. The second-order valence-electron chi connectivity index (χ2n) is 8.03. The van der Waals surface area contributed by atoms with Crippen LogP contribution in [-0.2, 0) is 19.1 Å². The largest absolute Gasteiger partial charge is 0.469 e. The van der Waals surface area contributed by atoms with Gasteiger partial charge in [-0.2, -0.15) is 0 Å². The zero-order valence-corrected chi connectivity index (χ0v) is 16.2. The van der Waals surface area contributed by atoms with Crippen molar-refractivity contribution in [3.8, 4) is 0 Å². The Hall–Kier alpha value is -0.770. The molecule has 2 aliphatic rings. The fourth-order valence-corrected chi connectivity index (χ4v) is 6.10. The Morgan fingerprint density at radius 3 is 2.42 bits per heavy atom. The molecule has 0 saturated heterocycles. The molecule has 0 amide bonds. The molecule has 4 nitrogen and oxygen atoms in total. The highest BCUT2D eigenvalue weighted by Crippen LogP contribution is 2.62. The van der Waals surface area contributed by atoms with E-state index in [-0.39, 0.29) is 23.3 Å². The smallest absolute Gasteiger partial charge is 0.311 e. The summed E-state index contributed by atoms with van der Waals surface area (Å²) in [4.78, 5) is 24.2. The average Bonchev–Trinajstić information content (AvgIpc) is 2.58. The number of rotatable bonds is 5. The van der Waals surface area contributed by atoms with Crippen molar-refractivity contribution in [3.63, 3.8) is 0 Å². The third kappa shape index (κ3) is 3.31. The molecule has 0 N–H and O–H groups in total. The van der Waals surface area contributed by atoms with Gasteiger partial charge in [0.15, 0.2) is 0 Å². The van der Waals surface area contributed by atoms with Gasteiger partial charge in [-0.25, -0.2) is 0 Å². The van der Waals surface area contributed by atoms with Crippen molar-refractivity contribution in [1.82, 2.24) is 0 Å². The van der Waals surface area contributed by atoms with E-state index in [2.05, 4.69) is 13.8 Å². The molecule has 2 aliphatic carbocycles. The van der Waals surface area contributed by atoms with Crippen molar-refractivity contribution in [2.45, 2.75) is 58.8 Å². The lowest BCUT2D eigenvalue weighted by Gasteiger charge is -2.59. The molecule has 138 valence electrons. The Kier molecular flexibility index (Phi) is 6.22. The first kappa shape index (κ1) is 19.6. The molecule has 2 saturated carbocycles. The van der Waals surface area contributed by atoms with Crippen LogP contribution in [0.15, 0.2) is 0 Å². The monoisotopic (exact) mass is 358 g/mol. The van der Waals surface area contributed by atoms with Crippen LogP contribution < -0.4 is 0 Å². The lowest BCUT2D eigenvalue weighted by atomic mass is 9.45. The molecule has 0 radical (unpaired) electrons. The lowest BCUT2D eigenvalue weighted by Crippen LogP contribution is -2.55. The van der Waals surface area contributed by atoms with E-state index in [1.807, 2.05) is 0 Å². The van der Waals surface area contributed by atoms with Gasteiger partial charge in [0.2, 0.25) is 0 Å². The van der Waals surface area contributed by atoms with Gasteiger partial charge in [0, 0.05) is 12.3 Å². The Labute approximate surface area is 150 Å². The molecular weight excluding hydrogens is 328 g/mol. The van der Waals surface area contributed by atoms with Crippen LogP contribution in [0, 0.1) is 28.6 Å². The molecule has 0 unspecified atom stereocenters. The Balaban J connectivity index is 2.30. The molecule has 0 bridgehead atoms. The molecule has 24 heavy (non-hydrogen) atoms. The summed E-state index contributed by atoms with van der Waals surface area (Å²) >= 11 is 6.27. The zero-order chi connectivity index (χ0) is 18.0. The number of carbonyl (C=O) groups excluding carboxylic acids is 2. The number of carbonyl (C=O) groups is 2. The minimum absolute atomic E-state index is 0.0209. The van der Waals surface area contributed by atoms with E-state index in [0.29, 0.717) is 24.1 Å². The highest BCUT2D eigenvalue weighted by Gasteiger charge is 2.58. The molecule has 0 heterocycles. The Morgan fingerprint density at radius 2 is 1.83 bits per heavy atom. The maximum Gasteiger partial charge on any atom is 0.311 e. The minimum atomic E-state index is -0.428. The highest BCUT2D eigenvalue weighted by molar-refractivity contribution is 6.18. The first-order valence-electron chi connectivity index (χ1n) is 9.04. The van der Waals surface area contributed by atoms with Crippen LogP contribution in [0.1, 0.15) is 58.8 Å². The highest BCUT2D eigenvalue weighted by atomic mass is 35.5. The summed E-state index contributed by atoms with van der Waals surface area (Å²) < 4.78 is 9.98. The maximum atomic E-state index is 12.5. The summed E-state index contributed by atoms with van der Waals surface area (Å²) in [5.41, 5.74) is -0.407. The summed E-state index contributed by atoms with van der Waals surface area (Å²) in [5.74, 6) is 1.39. The van der Waals surface area contributed by atoms with Crippen LogP contribution in [0.5, 0.6) is 0 Å². The molecule has 0 aromatic rings. The van der Waals surface area contributed by atoms with E-state index in [9.17, 15) is 9.59 Å². The van der Waals surface area contributed by atoms with E-state index >= 15 is 0 Å². The number of hydrogen-bond acceptors (Lipinski definition) is 4.